The van der Waals surface area contributed by atoms with Crippen LogP contribution >= 0.6 is 0 Å². The maximum atomic E-state index is 11.3. The maximum absolute atomic E-state index is 11.3. The van der Waals surface area contributed by atoms with Crippen molar-refractivity contribution in [2.75, 3.05) is 0 Å². The Morgan fingerprint density at radius 1 is 0.944 bits per heavy atom. The summed E-state index contributed by atoms with van der Waals surface area (Å²) in [4.78, 5) is 21.6. The molecule has 0 aliphatic heterocycles. The van der Waals surface area contributed by atoms with Crippen LogP contribution in [0, 0.1) is 0 Å². The van der Waals surface area contributed by atoms with E-state index in [-0.39, 0.29) is 12.2 Å². The van der Waals surface area contributed by atoms with Gasteiger partial charge in [0, 0.05) is 12.8 Å². The lowest BCUT2D eigenvalue weighted by Gasteiger charge is -2.04. The molecule has 0 radical (unpaired) electrons. The Labute approximate surface area is 109 Å². The summed E-state index contributed by atoms with van der Waals surface area (Å²) in [5, 5.41) is 17.4. The Bertz CT molecular complexity index is 238. The first kappa shape index (κ1) is 17.1. The second-order valence-electron chi connectivity index (χ2n) is 4.82. The fourth-order valence-electron chi connectivity index (χ4n) is 1.86. The van der Waals surface area contributed by atoms with E-state index in [1.165, 1.54) is 32.1 Å². The molecule has 0 aliphatic rings. The van der Waals surface area contributed by atoms with E-state index in [2.05, 4.69) is 6.92 Å². The van der Waals surface area contributed by atoms with E-state index in [0.29, 0.717) is 6.42 Å². The van der Waals surface area contributed by atoms with Crippen molar-refractivity contribution in [3.8, 4) is 0 Å². The zero-order chi connectivity index (χ0) is 13.8. The summed E-state index contributed by atoms with van der Waals surface area (Å²) in [6, 6.07) is 0. The molecular formula is C14H26O4. The molecule has 0 rings (SSSR count). The van der Waals surface area contributed by atoms with Crippen LogP contribution in [0.2, 0.25) is 0 Å². The van der Waals surface area contributed by atoms with Gasteiger partial charge in [-0.2, -0.15) is 0 Å². The monoisotopic (exact) mass is 258 g/mol. The molecule has 0 amide bonds. The molecule has 106 valence electrons. The molecule has 0 aromatic carbocycles. The summed E-state index contributed by atoms with van der Waals surface area (Å²) in [7, 11) is 0. The number of aliphatic hydroxyl groups is 1. The number of carboxylic acids is 1. The minimum absolute atomic E-state index is 0.157. The summed E-state index contributed by atoms with van der Waals surface area (Å²) in [5.41, 5.74) is 0. The first-order chi connectivity index (χ1) is 8.57. The first-order valence-corrected chi connectivity index (χ1v) is 7.00. The van der Waals surface area contributed by atoms with E-state index in [4.69, 9.17) is 10.2 Å². The fraction of sp³-hybridized carbons (Fsp3) is 0.857. The number of aliphatic carboxylic acids is 1. The van der Waals surface area contributed by atoms with Crippen LogP contribution in [0.15, 0.2) is 0 Å². The quantitative estimate of drug-likeness (QED) is 0.528. The lowest BCUT2D eigenvalue weighted by atomic mass is 10.0. The van der Waals surface area contributed by atoms with Gasteiger partial charge in [-0.15, -0.1) is 0 Å². The molecule has 4 heteroatoms. The number of carbonyl (C=O) groups is 2. The van der Waals surface area contributed by atoms with E-state index in [9.17, 15) is 9.59 Å². The molecule has 0 aromatic heterocycles. The number of hydrogen-bond acceptors (Lipinski definition) is 3. The molecule has 4 nitrogen and oxygen atoms in total. The average Bonchev–Trinajstić information content (AvgIpc) is 2.32. The number of ketones is 1. The highest BCUT2D eigenvalue weighted by Gasteiger charge is 2.16. The highest BCUT2D eigenvalue weighted by molar-refractivity contribution is 5.84. The van der Waals surface area contributed by atoms with E-state index < -0.39 is 12.1 Å². The Morgan fingerprint density at radius 3 is 1.94 bits per heavy atom. The molecule has 2 N–H and O–H groups in total. The molecule has 0 bridgehead atoms. The van der Waals surface area contributed by atoms with Crippen LogP contribution in [0.5, 0.6) is 0 Å². The SMILES string of the molecule is CCCCCCCCCCC(=O)C[C@H](O)C(=O)O. The Kier molecular flexibility index (Phi) is 10.6. The molecule has 0 aromatic rings. The smallest absolute Gasteiger partial charge is 0.332 e. The second kappa shape index (κ2) is 11.2. The van der Waals surface area contributed by atoms with Crippen molar-refractivity contribution in [3.05, 3.63) is 0 Å². The van der Waals surface area contributed by atoms with Gasteiger partial charge in [-0.05, 0) is 6.42 Å². The van der Waals surface area contributed by atoms with E-state index in [0.717, 1.165) is 19.3 Å². The molecule has 0 fully saturated rings. The van der Waals surface area contributed by atoms with Gasteiger partial charge in [-0.25, -0.2) is 4.79 Å². The molecule has 0 heterocycles. The molecule has 0 saturated heterocycles. The predicted molar refractivity (Wildman–Crippen MR) is 70.5 cm³/mol. The van der Waals surface area contributed by atoms with Crippen molar-refractivity contribution in [3.63, 3.8) is 0 Å². The van der Waals surface area contributed by atoms with Crippen LogP contribution in [-0.2, 0) is 9.59 Å². The summed E-state index contributed by atoms with van der Waals surface area (Å²) in [6.45, 7) is 2.19. The van der Waals surface area contributed by atoms with Gasteiger partial charge in [-0.1, -0.05) is 51.9 Å². The highest BCUT2D eigenvalue weighted by atomic mass is 16.4. The second-order valence-corrected chi connectivity index (χ2v) is 4.82. The van der Waals surface area contributed by atoms with Gasteiger partial charge < -0.3 is 10.2 Å². The number of unbranched alkanes of at least 4 members (excludes halogenated alkanes) is 7. The number of carbonyl (C=O) groups excluding carboxylic acids is 1. The summed E-state index contributed by atoms with van der Waals surface area (Å²) < 4.78 is 0. The Morgan fingerprint density at radius 2 is 1.44 bits per heavy atom. The van der Waals surface area contributed by atoms with Crippen molar-refractivity contribution < 1.29 is 19.8 Å². The standard InChI is InChI=1S/C14H26O4/c1-2-3-4-5-6-7-8-9-10-12(15)11-13(16)14(17)18/h13,16H,2-11H2,1H3,(H,17,18)/t13-/m0/s1. The predicted octanol–water partition coefficient (Wildman–Crippen LogP) is 2.92. The van der Waals surface area contributed by atoms with E-state index in [1.54, 1.807) is 0 Å². The summed E-state index contributed by atoms with van der Waals surface area (Å²) in [5.74, 6) is -1.48. The molecule has 0 spiro atoms. The van der Waals surface area contributed by atoms with Crippen molar-refractivity contribution in [1.29, 1.82) is 0 Å². The van der Waals surface area contributed by atoms with Crippen LogP contribution in [0.4, 0.5) is 0 Å². The summed E-state index contributed by atoms with van der Waals surface area (Å²) >= 11 is 0. The number of hydrogen-bond donors (Lipinski definition) is 2. The third-order valence-corrected chi connectivity index (χ3v) is 3.02. The van der Waals surface area contributed by atoms with Crippen LogP contribution in [0.3, 0.4) is 0 Å². The normalized spacial score (nSPS) is 12.3. The lowest BCUT2D eigenvalue weighted by molar-refractivity contribution is -0.148. The third kappa shape index (κ3) is 10.3. The topological polar surface area (TPSA) is 74.6 Å². The minimum atomic E-state index is -1.54. The molecular weight excluding hydrogens is 232 g/mol. The van der Waals surface area contributed by atoms with Crippen LogP contribution < -0.4 is 0 Å². The highest BCUT2D eigenvalue weighted by Crippen LogP contribution is 2.10. The van der Waals surface area contributed by atoms with Crippen molar-refractivity contribution in [2.45, 2.75) is 77.2 Å². The van der Waals surface area contributed by atoms with Crippen LogP contribution in [0.25, 0.3) is 0 Å². The molecule has 0 aliphatic carbocycles. The largest absolute Gasteiger partial charge is 0.479 e. The first-order valence-electron chi connectivity index (χ1n) is 7.00. The molecule has 0 saturated carbocycles. The van der Waals surface area contributed by atoms with Gasteiger partial charge in [0.25, 0.3) is 0 Å². The van der Waals surface area contributed by atoms with Gasteiger partial charge in [0.2, 0.25) is 0 Å². The van der Waals surface area contributed by atoms with Gasteiger partial charge in [-0.3, -0.25) is 4.79 Å². The number of Topliss-reactive ketones (excluding diaryl/α,β-unsaturated/α-hetero) is 1. The lowest BCUT2D eigenvalue weighted by Crippen LogP contribution is -2.22. The van der Waals surface area contributed by atoms with Gasteiger partial charge >= 0.3 is 5.97 Å². The maximum Gasteiger partial charge on any atom is 0.332 e. The molecule has 0 unspecified atom stereocenters. The fourth-order valence-corrected chi connectivity index (χ4v) is 1.86. The van der Waals surface area contributed by atoms with Crippen LogP contribution in [0.1, 0.15) is 71.1 Å². The van der Waals surface area contributed by atoms with Crippen molar-refractivity contribution in [1.82, 2.24) is 0 Å². The van der Waals surface area contributed by atoms with Crippen LogP contribution in [-0.4, -0.2) is 28.1 Å². The average molecular weight is 258 g/mol. The van der Waals surface area contributed by atoms with Gasteiger partial charge in [0.1, 0.15) is 5.78 Å². The Balaban J connectivity index is 3.33. The van der Waals surface area contributed by atoms with Gasteiger partial charge in [0.05, 0.1) is 0 Å². The minimum Gasteiger partial charge on any atom is -0.479 e. The number of aliphatic hydroxyl groups excluding tert-OH is 1. The van der Waals surface area contributed by atoms with E-state index in [1.807, 2.05) is 0 Å². The zero-order valence-electron chi connectivity index (χ0n) is 11.4. The van der Waals surface area contributed by atoms with E-state index >= 15 is 0 Å². The number of carboxylic acid groups (broad SMARTS) is 1. The zero-order valence-corrected chi connectivity index (χ0v) is 11.4. The van der Waals surface area contributed by atoms with Crippen molar-refractivity contribution >= 4 is 11.8 Å². The van der Waals surface area contributed by atoms with Crippen molar-refractivity contribution in [2.24, 2.45) is 0 Å². The molecule has 1 atom stereocenters. The number of rotatable bonds is 12. The molecule has 18 heavy (non-hydrogen) atoms. The van der Waals surface area contributed by atoms with Gasteiger partial charge in [0.15, 0.2) is 6.10 Å². The Hall–Kier alpha value is -0.900. The summed E-state index contributed by atoms with van der Waals surface area (Å²) in [6.07, 6.45) is 7.87. The third-order valence-electron chi connectivity index (χ3n) is 3.02.